The first-order chi connectivity index (χ1) is 14.5. The molecule has 2 aromatic carbocycles. The van der Waals surface area contributed by atoms with Crippen LogP contribution in [0.25, 0.3) is 11.1 Å². The summed E-state index contributed by atoms with van der Waals surface area (Å²) in [5.74, 6) is 2.50. The summed E-state index contributed by atoms with van der Waals surface area (Å²) in [5, 5.41) is 0. The standard InChI is InChI=1S/C22H27N5O3/c1-4-29-18-9-13(8-15-12-26-22(25)27-21(15)24)10-19(30-5-2)20(18)14-6-7-17(28-3)16(23)11-14/h6-7,9-12H,4-5,8,23H2,1-3H3,(H4,24,25,26,27). The fraction of sp³-hybridized carbons (Fsp3) is 0.273. The fourth-order valence-electron chi connectivity index (χ4n) is 3.25. The van der Waals surface area contributed by atoms with Crippen LogP contribution in [0.1, 0.15) is 25.0 Å². The molecule has 0 fully saturated rings. The predicted octanol–water partition coefficient (Wildman–Crippen LogP) is 3.29. The van der Waals surface area contributed by atoms with Crippen LogP contribution in [-0.2, 0) is 6.42 Å². The lowest BCUT2D eigenvalue weighted by Crippen LogP contribution is -2.05. The Balaban J connectivity index is 2.11. The van der Waals surface area contributed by atoms with Crippen molar-refractivity contribution in [1.29, 1.82) is 0 Å². The summed E-state index contributed by atoms with van der Waals surface area (Å²) in [6, 6.07) is 9.55. The van der Waals surface area contributed by atoms with E-state index in [1.165, 1.54) is 0 Å². The van der Waals surface area contributed by atoms with E-state index in [-0.39, 0.29) is 5.95 Å². The van der Waals surface area contributed by atoms with Crippen LogP contribution in [0.3, 0.4) is 0 Å². The van der Waals surface area contributed by atoms with E-state index in [9.17, 15) is 0 Å². The highest BCUT2D eigenvalue weighted by Crippen LogP contribution is 2.42. The molecule has 0 amide bonds. The molecule has 0 unspecified atom stereocenters. The maximum absolute atomic E-state index is 6.13. The van der Waals surface area contributed by atoms with Gasteiger partial charge in [-0.25, -0.2) is 4.98 Å². The highest BCUT2D eigenvalue weighted by Gasteiger charge is 2.18. The molecular weight excluding hydrogens is 382 g/mol. The van der Waals surface area contributed by atoms with Crippen molar-refractivity contribution in [2.24, 2.45) is 0 Å². The minimum Gasteiger partial charge on any atom is -0.495 e. The monoisotopic (exact) mass is 409 g/mol. The van der Waals surface area contributed by atoms with E-state index >= 15 is 0 Å². The smallest absolute Gasteiger partial charge is 0.221 e. The van der Waals surface area contributed by atoms with Gasteiger partial charge in [0.1, 0.15) is 23.1 Å². The van der Waals surface area contributed by atoms with E-state index < -0.39 is 0 Å². The van der Waals surface area contributed by atoms with Crippen molar-refractivity contribution >= 4 is 17.5 Å². The zero-order valence-corrected chi connectivity index (χ0v) is 17.4. The van der Waals surface area contributed by atoms with Gasteiger partial charge in [0.05, 0.1) is 31.6 Å². The summed E-state index contributed by atoms with van der Waals surface area (Å²) >= 11 is 0. The van der Waals surface area contributed by atoms with Gasteiger partial charge in [0.2, 0.25) is 5.95 Å². The minimum absolute atomic E-state index is 0.147. The van der Waals surface area contributed by atoms with Gasteiger partial charge in [-0.2, -0.15) is 4.98 Å². The molecule has 0 atom stereocenters. The Morgan fingerprint density at radius 2 is 1.57 bits per heavy atom. The van der Waals surface area contributed by atoms with Crippen molar-refractivity contribution < 1.29 is 14.2 Å². The number of ether oxygens (including phenoxy) is 3. The first-order valence-corrected chi connectivity index (χ1v) is 9.70. The molecule has 1 aromatic heterocycles. The number of aromatic nitrogens is 2. The number of anilines is 3. The lowest BCUT2D eigenvalue weighted by Gasteiger charge is -2.18. The summed E-state index contributed by atoms with van der Waals surface area (Å²) in [6.07, 6.45) is 2.15. The second-order valence-electron chi connectivity index (χ2n) is 6.61. The van der Waals surface area contributed by atoms with Crippen LogP contribution in [0.2, 0.25) is 0 Å². The SMILES string of the molecule is CCOc1cc(Cc2cnc(N)nc2N)cc(OCC)c1-c1ccc(OC)c(N)c1. The molecule has 8 heteroatoms. The van der Waals surface area contributed by atoms with Gasteiger partial charge in [-0.1, -0.05) is 6.07 Å². The number of nitrogens with two attached hydrogens (primary N) is 3. The second-order valence-corrected chi connectivity index (χ2v) is 6.61. The quantitative estimate of drug-likeness (QED) is 0.483. The summed E-state index contributed by atoms with van der Waals surface area (Å²) in [5.41, 5.74) is 21.7. The highest BCUT2D eigenvalue weighted by molar-refractivity contribution is 5.80. The Morgan fingerprint density at radius 3 is 2.10 bits per heavy atom. The Hall–Kier alpha value is -3.68. The Labute approximate surface area is 176 Å². The Kier molecular flexibility index (Phi) is 6.46. The molecule has 0 saturated carbocycles. The number of benzene rings is 2. The summed E-state index contributed by atoms with van der Waals surface area (Å²) in [6.45, 7) is 4.87. The van der Waals surface area contributed by atoms with Crippen molar-refractivity contribution in [2.75, 3.05) is 37.5 Å². The molecule has 30 heavy (non-hydrogen) atoms. The predicted molar refractivity (Wildman–Crippen MR) is 119 cm³/mol. The number of hydrogen-bond donors (Lipinski definition) is 3. The lowest BCUT2D eigenvalue weighted by atomic mass is 9.97. The summed E-state index contributed by atoms with van der Waals surface area (Å²) < 4.78 is 17.2. The van der Waals surface area contributed by atoms with E-state index in [0.717, 1.165) is 22.3 Å². The van der Waals surface area contributed by atoms with Crippen LogP contribution in [-0.4, -0.2) is 30.3 Å². The first-order valence-electron chi connectivity index (χ1n) is 9.70. The minimum atomic E-state index is 0.147. The van der Waals surface area contributed by atoms with Gasteiger partial charge in [-0.3, -0.25) is 0 Å². The van der Waals surface area contributed by atoms with Crippen molar-refractivity contribution in [2.45, 2.75) is 20.3 Å². The molecule has 0 aliphatic rings. The van der Waals surface area contributed by atoms with Gasteiger partial charge in [-0.15, -0.1) is 0 Å². The topological polar surface area (TPSA) is 132 Å². The second kappa shape index (κ2) is 9.21. The van der Waals surface area contributed by atoms with Crippen LogP contribution in [0.15, 0.2) is 36.5 Å². The third kappa shape index (κ3) is 4.48. The van der Waals surface area contributed by atoms with Crippen LogP contribution in [0.4, 0.5) is 17.5 Å². The van der Waals surface area contributed by atoms with Crippen molar-refractivity contribution in [3.05, 3.63) is 47.7 Å². The fourth-order valence-corrected chi connectivity index (χ4v) is 3.25. The average Bonchev–Trinajstić information content (AvgIpc) is 2.70. The molecule has 3 rings (SSSR count). The molecule has 0 aliphatic heterocycles. The van der Waals surface area contributed by atoms with Gasteiger partial charge in [0.15, 0.2) is 0 Å². The average molecular weight is 409 g/mol. The van der Waals surface area contributed by atoms with Crippen molar-refractivity contribution in [3.8, 4) is 28.4 Å². The number of nitrogen functional groups attached to an aromatic ring is 3. The highest BCUT2D eigenvalue weighted by atomic mass is 16.5. The maximum atomic E-state index is 6.13. The van der Waals surface area contributed by atoms with Crippen molar-refractivity contribution in [3.63, 3.8) is 0 Å². The Morgan fingerprint density at radius 1 is 0.900 bits per heavy atom. The lowest BCUT2D eigenvalue weighted by molar-refractivity contribution is 0.325. The molecule has 6 N–H and O–H groups in total. The van der Waals surface area contributed by atoms with Gasteiger partial charge in [0, 0.05) is 18.2 Å². The van der Waals surface area contributed by atoms with E-state index in [2.05, 4.69) is 9.97 Å². The van der Waals surface area contributed by atoms with E-state index in [1.54, 1.807) is 13.3 Å². The zero-order valence-electron chi connectivity index (χ0n) is 17.4. The van der Waals surface area contributed by atoms with Gasteiger partial charge >= 0.3 is 0 Å². The summed E-state index contributed by atoms with van der Waals surface area (Å²) in [7, 11) is 1.59. The third-order valence-corrected chi connectivity index (χ3v) is 4.56. The van der Waals surface area contributed by atoms with Gasteiger partial charge < -0.3 is 31.4 Å². The maximum Gasteiger partial charge on any atom is 0.221 e. The van der Waals surface area contributed by atoms with Gasteiger partial charge in [-0.05, 0) is 49.2 Å². The number of hydrogen-bond acceptors (Lipinski definition) is 8. The number of methoxy groups -OCH3 is 1. The molecule has 3 aromatic rings. The van der Waals surface area contributed by atoms with Crippen LogP contribution in [0.5, 0.6) is 17.2 Å². The third-order valence-electron chi connectivity index (χ3n) is 4.56. The molecule has 0 saturated heterocycles. The largest absolute Gasteiger partial charge is 0.495 e. The van der Waals surface area contributed by atoms with Crippen LogP contribution >= 0.6 is 0 Å². The molecule has 8 nitrogen and oxygen atoms in total. The molecule has 0 radical (unpaired) electrons. The number of rotatable bonds is 8. The molecule has 0 spiro atoms. The molecule has 0 aliphatic carbocycles. The number of nitrogens with zero attached hydrogens (tertiary/aromatic N) is 2. The molecule has 158 valence electrons. The summed E-state index contributed by atoms with van der Waals surface area (Å²) in [4.78, 5) is 8.08. The van der Waals surface area contributed by atoms with Crippen molar-refractivity contribution in [1.82, 2.24) is 9.97 Å². The molecule has 0 bridgehead atoms. The first kappa shape index (κ1) is 21.0. The zero-order chi connectivity index (χ0) is 21.7. The van der Waals surface area contributed by atoms with Crippen LogP contribution in [0, 0.1) is 0 Å². The van der Waals surface area contributed by atoms with Gasteiger partial charge in [0.25, 0.3) is 0 Å². The Bertz CT molecular complexity index is 1010. The molecular formula is C22H27N5O3. The molecule has 1 heterocycles. The van der Waals surface area contributed by atoms with Crippen LogP contribution < -0.4 is 31.4 Å². The normalized spacial score (nSPS) is 10.6. The van der Waals surface area contributed by atoms with E-state index in [1.807, 2.05) is 44.2 Å². The van der Waals surface area contributed by atoms with E-state index in [4.69, 9.17) is 31.4 Å². The van der Waals surface area contributed by atoms with E-state index in [0.29, 0.717) is 48.4 Å².